The van der Waals surface area contributed by atoms with Gasteiger partial charge in [-0.3, -0.25) is 18.9 Å². The number of para-hydroxylation sites is 1. The van der Waals surface area contributed by atoms with Crippen molar-refractivity contribution in [1.82, 2.24) is 9.55 Å². The number of aryl methyl sites for hydroxylation is 1. The van der Waals surface area contributed by atoms with Crippen molar-refractivity contribution in [2.75, 3.05) is 19.4 Å². The van der Waals surface area contributed by atoms with Crippen molar-refractivity contribution in [1.29, 1.82) is 0 Å². The molecule has 0 spiro atoms. The van der Waals surface area contributed by atoms with Crippen LogP contribution < -0.4 is 15.8 Å². The van der Waals surface area contributed by atoms with Crippen LogP contribution in [0.3, 0.4) is 0 Å². The molecule has 1 aliphatic heterocycles. The fraction of sp³-hybridized carbons (Fsp3) is 0.429. The monoisotopic (exact) mass is 576 g/mol. The van der Waals surface area contributed by atoms with Gasteiger partial charge >= 0.3 is 13.3 Å². The van der Waals surface area contributed by atoms with Gasteiger partial charge in [0.25, 0.3) is 5.56 Å². The summed E-state index contributed by atoms with van der Waals surface area (Å²) in [5, 5.41) is 10.7. The molecule has 1 saturated heterocycles. The predicted molar refractivity (Wildman–Crippen MR) is 146 cm³/mol. The van der Waals surface area contributed by atoms with Gasteiger partial charge in [0.05, 0.1) is 26.0 Å². The van der Waals surface area contributed by atoms with Crippen molar-refractivity contribution in [2.24, 2.45) is 5.92 Å². The van der Waals surface area contributed by atoms with Crippen molar-refractivity contribution in [3.63, 3.8) is 0 Å². The molecule has 0 saturated carbocycles. The Hall–Kier alpha value is -3.08. The summed E-state index contributed by atoms with van der Waals surface area (Å²) in [5.41, 5.74) is -1.83. The summed E-state index contributed by atoms with van der Waals surface area (Å²) in [7, 11) is -3.86. The number of alkyl halides is 1. The Morgan fingerprint density at radius 1 is 1.18 bits per heavy atom. The van der Waals surface area contributed by atoms with Gasteiger partial charge in [-0.05, 0) is 37.5 Å². The molecule has 40 heavy (non-hydrogen) atoms. The first-order valence-electron chi connectivity index (χ1n) is 12.9. The molecule has 0 bridgehead atoms. The van der Waals surface area contributed by atoms with Gasteiger partial charge in [-0.15, -0.1) is 0 Å². The molecule has 0 aliphatic carbocycles. The number of aromatic amines is 1. The zero-order valence-corrected chi connectivity index (χ0v) is 23.5. The largest absolute Gasteiger partial charge is 0.424 e. The zero-order chi connectivity index (χ0) is 28.9. The number of hydrogen-bond acceptors (Lipinski definition) is 8. The highest BCUT2D eigenvalue weighted by molar-refractivity contribution is 7.54. The fourth-order valence-electron chi connectivity index (χ4n) is 4.52. The van der Waals surface area contributed by atoms with Gasteiger partial charge in [0.2, 0.25) is 0 Å². The second kappa shape index (κ2) is 12.6. The van der Waals surface area contributed by atoms with Crippen LogP contribution in [0.2, 0.25) is 0 Å². The van der Waals surface area contributed by atoms with Gasteiger partial charge in [0.1, 0.15) is 18.0 Å². The lowest BCUT2D eigenvalue weighted by Crippen LogP contribution is -2.43. The first kappa shape index (κ1) is 29.9. The first-order chi connectivity index (χ1) is 19.0. The lowest BCUT2D eigenvalue weighted by Gasteiger charge is -2.25. The van der Waals surface area contributed by atoms with Crippen LogP contribution in [0, 0.1) is 12.8 Å². The Labute approximate surface area is 231 Å². The molecule has 2 N–H and O–H groups in total. The second-order valence-corrected chi connectivity index (χ2v) is 12.3. The quantitative estimate of drug-likeness (QED) is 0.310. The van der Waals surface area contributed by atoms with Crippen LogP contribution in [-0.2, 0) is 25.2 Å². The van der Waals surface area contributed by atoms with E-state index in [1.807, 2.05) is 43.1 Å². The normalized spacial score (nSPS) is 24.9. The van der Waals surface area contributed by atoms with E-state index < -0.39 is 49.6 Å². The van der Waals surface area contributed by atoms with Gasteiger partial charge in [-0.2, -0.15) is 0 Å². The minimum absolute atomic E-state index is 0.0196. The average Bonchev–Trinajstić information content (AvgIpc) is 3.11. The van der Waals surface area contributed by atoms with E-state index in [0.717, 1.165) is 34.9 Å². The lowest BCUT2D eigenvalue weighted by molar-refractivity contribution is -0.0592. The van der Waals surface area contributed by atoms with E-state index in [0.29, 0.717) is 12.4 Å². The molecule has 216 valence electrons. The van der Waals surface area contributed by atoms with E-state index in [9.17, 15) is 19.3 Å². The topological polar surface area (TPSA) is 129 Å². The minimum Gasteiger partial charge on any atom is -0.424 e. The van der Waals surface area contributed by atoms with Gasteiger partial charge in [0.15, 0.2) is 11.9 Å². The van der Waals surface area contributed by atoms with E-state index in [-0.39, 0.29) is 18.7 Å². The third-order valence-electron chi connectivity index (χ3n) is 6.53. The van der Waals surface area contributed by atoms with Crippen LogP contribution in [0.25, 0.3) is 0 Å². The van der Waals surface area contributed by atoms with E-state index in [4.69, 9.17) is 18.5 Å². The summed E-state index contributed by atoms with van der Waals surface area (Å²) in [6.45, 7) is 5.11. The SMILES string of the molecule is Cc1cccc(COCC(C)CP(=O)(OC[C@H]2O[C@@H](n3ccc(=O)[nH]c3=O)[C@](C)(F)[C@@H]2O)Oc2ccccc2)c1. The maximum atomic E-state index is 15.6. The van der Waals surface area contributed by atoms with Crippen LogP contribution in [0.15, 0.2) is 76.4 Å². The minimum atomic E-state index is -3.86. The molecule has 1 aliphatic rings. The second-order valence-electron chi connectivity index (χ2n) is 10.2. The Balaban J connectivity index is 1.44. The number of ether oxygens (including phenoxy) is 2. The number of rotatable bonds is 12. The third kappa shape index (κ3) is 7.35. The third-order valence-corrected chi connectivity index (χ3v) is 8.63. The maximum absolute atomic E-state index is 15.6. The van der Waals surface area contributed by atoms with Crippen molar-refractivity contribution in [3.05, 3.63) is 98.8 Å². The number of aliphatic hydroxyl groups excluding tert-OH is 1. The van der Waals surface area contributed by atoms with Gasteiger partial charge in [-0.1, -0.05) is 55.0 Å². The molecule has 3 aromatic rings. The van der Waals surface area contributed by atoms with E-state index >= 15 is 4.39 Å². The van der Waals surface area contributed by atoms with Gasteiger partial charge < -0.3 is 19.1 Å². The van der Waals surface area contributed by atoms with Crippen LogP contribution in [0.4, 0.5) is 4.39 Å². The zero-order valence-electron chi connectivity index (χ0n) is 22.6. The summed E-state index contributed by atoms with van der Waals surface area (Å²) in [6, 6.07) is 17.5. The average molecular weight is 577 g/mol. The highest BCUT2D eigenvalue weighted by Gasteiger charge is 2.55. The van der Waals surface area contributed by atoms with Crippen molar-refractivity contribution in [3.8, 4) is 5.75 Å². The number of aromatic nitrogens is 2. The Kier molecular flexibility index (Phi) is 9.43. The molecule has 6 atom stereocenters. The van der Waals surface area contributed by atoms with Crippen LogP contribution in [-0.4, -0.2) is 51.9 Å². The Bertz CT molecular complexity index is 1440. The Morgan fingerprint density at radius 2 is 1.93 bits per heavy atom. The Morgan fingerprint density at radius 3 is 2.62 bits per heavy atom. The highest BCUT2D eigenvalue weighted by Crippen LogP contribution is 2.51. The molecule has 0 radical (unpaired) electrons. The molecule has 1 aromatic heterocycles. The molecule has 10 nitrogen and oxygen atoms in total. The molecular formula is C28H34FN2O8P. The molecule has 2 aromatic carbocycles. The lowest BCUT2D eigenvalue weighted by atomic mass is 9.98. The summed E-state index contributed by atoms with van der Waals surface area (Å²) in [4.78, 5) is 25.7. The molecule has 2 unspecified atom stereocenters. The molecule has 12 heteroatoms. The van der Waals surface area contributed by atoms with Crippen molar-refractivity contribution >= 4 is 7.60 Å². The molecule has 0 amide bonds. The van der Waals surface area contributed by atoms with E-state index in [1.54, 1.807) is 30.3 Å². The van der Waals surface area contributed by atoms with Gasteiger partial charge in [-0.25, -0.2) is 13.8 Å². The highest BCUT2D eigenvalue weighted by atomic mass is 31.2. The molecule has 1 fully saturated rings. The summed E-state index contributed by atoms with van der Waals surface area (Å²) < 4.78 is 53.4. The number of hydrogen-bond donors (Lipinski definition) is 2. The number of aliphatic hydroxyl groups is 1. The van der Waals surface area contributed by atoms with Crippen LogP contribution in [0.5, 0.6) is 5.75 Å². The van der Waals surface area contributed by atoms with Crippen LogP contribution >= 0.6 is 7.60 Å². The number of nitrogens with one attached hydrogen (secondary N) is 1. The summed E-state index contributed by atoms with van der Waals surface area (Å²) in [5.74, 6) is 0.0762. The molecule has 2 heterocycles. The predicted octanol–water partition coefficient (Wildman–Crippen LogP) is 3.97. The van der Waals surface area contributed by atoms with Crippen LogP contribution in [0.1, 0.15) is 31.2 Å². The number of nitrogens with zero attached hydrogens (tertiary/aromatic N) is 1. The molecular weight excluding hydrogens is 542 g/mol. The maximum Gasteiger partial charge on any atom is 0.379 e. The van der Waals surface area contributed by atoms with E-state index in [2.05, 4.69) is 0 Å². The van der Waals surface area contributed by atoms with Crippen molar-refractivity contribution in [2.45, 2.75) is 51.5 Å². The van der Waals surface area contributed by atoms with Crippen molar-refractivity contribution < 1.29 is 32.6 Å². The molecule has 4 rings (SSSR count). The summed E-state index contributed by atoms with van der Waals surface area (Å²) >= 11 is 0. The standard InChI is InChI=1S/C28H34FN2O8P/c1-19-8-7-9-21(14-19)16-36-15-20(2)18-40(35,39-22-10-5-4-6-11-22)37-17-23-25(33)28(3,29)26(38-23)31-13-12-24(32)30-27(31)34/h4-14,20,23,25-26,33H,15-18H2,1-3H3,(H,30,32,34)/t20?,23-,25-,26-,28-,40?/m1/s1. The first-order valence-corrected chi connectivity index (χ1v) is 14.6. The smallest absolute Gasteiger partial charge is 0.379 e. The fourth-order valence-corrected chi connectivity index (χ4v) is 6.44. The number of benzene rings is 2. The van der Waals surface area contributed by atoms with E-state index in [1.165, 1.54) is 0 Å². The number of H-pyrrole nitrogens is 1. The van der Waals surface area contributed by atoms with Gasteiger partial charge in [0, 0.05) is 12.3 Å². The summed E-state index contributed by atoms with van der Waals surface area (Å²) in [6.07, 6.45) is -3.49. The number of halogens is 1.